The van der Waals surface area contributed by atoms with Crippen LogP contribution in [0.25, 0.3) is 0 Å². The lowest BCUT2D eigenvalue weighted by molar-refractivity contribution is -0.117. The quantitative estimate of drug-likeness (QED) is 0.750. The van der Waals surface area contributed by atoms with E-state index >= 15 is 0 Å². The molecule has 152 valence electrons. The standard InChI is InChI=1S/C20H27N3O4S/c1-2-19(24)21-17-9-6-12-23(15-17)28(26,27)18-10-13-22(14-11-18)20(25)16-7-4-3-5-8-16/h2-5,7-8,17-18H,1,6,9-15H2,(H,21,24)/t17-/m0/s1. The number of nitrogens with zero attached hydrogens (tertiary/aromatic N) is 2. The molecule has 2 saturated heterocycles. The molecular weight excluding hydrogens is 378 g/mol. The molecule has 0 unspecified atom stereocenters. The summed E-state index contributed by atoms with van der Waals surface area (Å²) in [4.78, 5) is 25.8. The van der Waals surface area contributed by atoms with Crippen LogP contribution in [0.1, 0.15) is 36.0 Å². The maximum atomic E-state index is 13.1. The molecule has 0 bridgehead atoms. The van der Waals surface area contributed by atoms with Crippen molar-refractivity contribution in [1.82, 2.24) is 14.5 Å². The van der Waals surface area contributed by atoms with Crippen molar-refractivity contribution in [2.75, 3.05) is 26.2 Å². The molecule has 3 rings (SSSR count). The summed E-state index contributed by atoms with van der Waals surface area (Å²) >= 11 is 0. The molecule has 2 heterocycles. The zero-order chi connectivity index (χ0) is 20.1. The van der Waals surface area contributed by atoms with Crippen molar-refractivity contribution < 1.29 is 18.0 Å². The molecule has 2 fully saturated rings. The Balaban J connectivity index is 1.59. The highest BCUT2D eigenvalue weighted by molar-refractivity contribution is 7.89. The largest absolute Gasteiger partial charge is 0.349 e. The molecule has 0 saturated carbocycles. The van der Waals surface area contributed by atoms with Crippen molar-refractivity contribution >= 4 is 21.8 Å². The average Bonchev–Trinajstić information content (AvgIpc) is 2.74. The second-order valence-corrected chi connectivity index (χ2v) is 9.53. The van der Waals surface area contributed by atoms with Crippen LogP contribution in [0.2, 0.25) is 0 Å². The van der Waals surface area contributed by atoms with Gasteiger partial charge in [0.15, 0.2) is 0 Å². The Hall–Kier alpha value is -2.19. The lowest BCUT2D eigenvalue weighted by atomic mass is 10.1. The molecule has 1 N–H and O–H groups in total. The van der Waals surface area contributed by atoms with Crippen LogP contribution in [0.15, 0.2) is 43.0 Å². The van der Waals surface area contributed by atoms with E-state index in [9.17, 15) is 18.0 Å². The fourth-order valence-electron chi connectivity index (χ4n) is 3.88. The van der Waals surface area contributed by atoms with Gasteiger partial charge in [0, 0.05) is 37.8 Å². The van der Waals surface area contributed by atoms with Crippen LogP contribution in [0.4, 0.5) is 0 Å². The van der Waals surface area contributed by atoms with E-state index in [1.807, 2.05) is 18.2 Å². The lowest BCUT2D eigenvalue weighted by Gasteiger charge is -2.37. The number of nitrogens with one attached hydrogen (secondary N) is 1. The highest BCUT2D eigenvalue weighted by Gasteiger charge is 2.38. The molecule has 2 aliphatic heterocycles. The zero-order valence-corrected chi connectivity index (χ0v) is 16.7. The summed E-state index contributed by atoms with van der Waals surface area (Å²) in [6.45, 7) is 5.07. The van der Waals surface area contributed by atoms with Gasteiger partial charge in [0.05, 0.1) is 5.25 Å². The summed E-state index contributed by atoms with van der Waals surface area (Å²) in [6.07, 6.45) is 3.54. The van der Waals surface area contributed by atoms with E-state index < -0.39 is 15.3 Å². The number of benzene rings is 1. The fourth-order valence-corrected chi connectivity index (χ4v) is 5.88. The minimum Gasteiger partial charge on any atom is -0.349 e. The summed E-state index contributed by atoms with van der Waals surface area (Å²) in [5.41, 5.74) is 0.626. The Morgan fingerprint density at radius 2 is 1.75 bits per heavy atom. The van der Waals surface area contributed by atoms with Crippen LogP contribution in [-0.4, -0.2) is 66.9 Å². The maximum Gasteiger partial charge on any atom is 0.253 e. The van der Waals surface area contributed by atoms with E-state index in [-0.39, 0.29) is 17.9 Å². The van der Waals surface area contributed by atoms with Gasteiger partial charge in [-0.1, -0.05) is 24.8 Å². The van der Waals surface area contributed by atoms with Gasteiger partial charge in [0.1, 0.15) is 0 Å². The molecule has 28 heavy (non-hydrogen) atoms. The molecule has 2 amide bonds. The van der Waals surface area contributed by atoms with Gasteiger partial charge in [0.25, 0.3) is 5.91 Å². The van der Waals surface area contributed by atoms with Crippen LogP contribution in [0.3, 0.4) is 0 Å². The first-order chi connectivity index (χ1) is 13.4. The average molecular weight is 406 g/mol. The number of rotatable bonds is 5. The Labute approximate surface area is 166 Å². The number of likely N-dealkylation sites (tertiary alicyclic amines) is 1. The Kier molecular flexibility index (Phi) is 6.51. The molecule has 0 spiro atoms. The lowest BCUT2D eigenvalue weighted by Crippen LogP contribution is -2.53. The van der Waals surface area contributed by atoms with Gasteiger partial charge in [-0.25, -0.2) is 8.42 Å². The third kappa shape index (κ3) is 4.62. The SMILES string of the molecule is C=CC(=O)N[C@H]1CCCN(S(=O)(=O)C2CCN(C(=O)c3ccccc3)CC2)C1. The summed E-state index contributed by atoms with van der Waals surface area (Å²) in [5.74, 6) is -0.335. The monoisotopic (exact) mass is 405 g/mol. The second kappa shape index (κ2) is 8.87. The molecular formula is C20H27N3O4S. The Bertz CT molecular complexity index is 817. The second-order valence-electron chi connectivity index (χ2n) is 7.31. The number of carbonyl (C=O) groups excluding carboxylic acids is 2. The van der Waals surface area contributed by atoms with Gasteiger partial charge in [-0.05, 0) is 43.9 Å². The topological polar surface area (TPSA) is 86.8 Å². The van der Waals surface area contributed by atoms with Gasteiger partial charge in [-0.15, -0.1) is 0 Å². The number of sulfonamides is 1. The zero-order valence-electron chi connectivity index (χ0n) is 15.9. The van der Waals surface area contributed by atoms with Crippen molar-refractivity contribution in [1.29, 1.82) is 0 Å². The summed E-state index contributed by atoms with van der Waals surface area (Å²) < 4.78 is 27.7. The van der Waals surface area contributed by atoms with Gasteiger partial charge >= 0.3 is 0 Å². The molecule has 0 radical (unpaired) electrons. The van der Waals surface area contributed by atoms with E-state index in [0.717, 1.165) is 6.42 Å². The van der Waals surface area contributed by atoms with E-state index in [4.69, 9.17) is 0 Å². The van der Waals surface area contributed by atoms with Crippen LogP contribution in [0, 0.1) is 0 Å². The summed E-state index contributed by atoms with van der Waals surface area (Å²) in [5, 5.41) is 2.31. The number of hydrogen-bond acceptors (Lipinski definition) is 4. The third-order valence-corrected chi connectivity index (χ3v) is 7.81. The van der Waals surface area contributed by atoms with Gasteiger partial charge in [-0.2, -0.15) is 4.31 Å². The molecule has 1 aromatic rings. The highest BCUT2D eigenvalue weighted by Crippen LogP contribution is 2.25. The van der Waals surface area contributed by atoms with Gasteiger partial charge in [0.2, 0.25) is 15.9 Å². The minimum absolute atomic E-state index is 0.0541. The third-order valence-electron chi connectivity index (χ3n) is 5.45. The normalized spacial score (nSPS) is 21.9. The molecule has 1 atom stereocenters. The predicted octanol–water partition coefficient (Wildman–Crippen LogP) is 1.39. The van der Waals surface area contributed by atoms with Crippen molar-refractivity contribution in [2.45, 2.75) is 37.0 Å². The first-order valence-electron chi connectivity index (χ1n) is 9.68. The first kappa shape index (κ1) is 20.5. The number of hydrogen-bond donors (Lipinski definition) is 1. The van der Waals surface area contributed by atoms with Gasteiger partial charge < -0.3 is 10.2 Å². The highest BCUT2D eigenvalue weighted by atomic mass is 32.2. The predicted molar refractivity (Wildman–Crippen MR) is 107 cm³/mol. The molecule has 0 aliphatic carbocycles. The number of piperidine rings is 2. The van der Waals surface area contributed by atoms with Gasteiger partial charge in [-0.3, -0.25) is 9.59 Å². The Morgan fingerprint density at radius 3 is 2.39 bits per heavy atom. The molecule has 8 heteroatoms. The van der Waals surface area contributed by atoms with Crippen molar-refractivity contribution in [2.24, 2.45) is 0 Å². The first-order valence-corrected chi connectivity index (χ1v) is 11.2. The summed E-state index contributed by atoms with van der Waals surface area (Å²) in [7, 11) is -3.46. The molecule has 0 aromatic heterocycles. The van der Waals surface area contributed by atoms with E-state index in [1.54, 1.807) is 17.0 Å². The van der Waals surface area contributed by atoms with Crippen molar-refractivity contribution in [3.63, 3.8) is 0 Å². The van der Waals surface area contributed by atoms with E-state index in [2.05, 4.69) is 11.9 Å². The smallest absolute Gasteiger partial charge is 0.253 e. The van der Waals surface area contributed by atoms with Crippen molar-refractivity contribution in [3.05, 3.63) is 48.6 Å². The molecule has 7 nitrogen and oxygen atoms in total. The van der Waals surface area contributed by atoms with Crippen LogP contribution < -0.4 is 5.32 Å². The van der Waals surface area contributed by atoms with E-state index in [1.165, 1.54) is 10.4 Å². The number of amides is 2. The minimum atomic E-state index is -3.46. The summed E-state index contributed by atoms with van der Waals surface area (Å²) in [6, 6.07) is 8.87. The van der Waals surface area contributed by atoms with Crippen LogP contribution in [-0.2, 0) is 14.8 Å². The van der Waals surface area contributed by atoms with E-state index in [0.29, 0.717) is 51.0 Å². The maximum absolute atomic E-state index is 13.1. The van der Waals surface area contributed by atoms with Crippen LogP contribution in [0.5, 0.6) is 0 Å². The fraction of sp³-hybridized carbons (Fsp3) is 0.500. The molecule has 2 aliphatic rings. The van der Waals surface area contributed by atoms with Crippen LogP contribution >= 0.6 is 0 Å². The number of carbonyl (C=O) groups is 2. The Morgan fingerprint density at radius 1 is 1.07 bits per heavy atom. The molecule has 1 aromatic carbocycles. The van der Waals surface area contributed by atoms with Crippen molar-refractivity contribution in [3.8, 4) is 0 Å².